The maximum Gasteiger partial charge on any atom is 0.263 e. The maximum absolute atomic E-state index is 12.8. The Bertz CT molecular complexity index is 1150. The number of rotatable bonds is 7. The lowest BCUT2D eigenvalue weighted by Gasteiger charge is -2.12. The van der Waals surface area contributed by atoms with Gasteiger partial charge in [0.15, 0.2) is 0 Å². The van der Waals surface area contributed by atoms with Crippen LogP contribution in [0.2, 0.25) is 5.02 Å². The number of sulfonamides is 1. The molecule has 1 amide bonds. The van der Waals surface area contributed by atoms with Crippen LogP contribution < -0.4 is 14.8 Å². The number of carbonyl (C=O) groups is 1. The normalized spacial score (nSPS) is 11.2. The van der Waals surface area contributed by atoms with Gasteiger partial charge in [-0.05, 0) is 63.2 Å². The molecule has 2 aromatic carbocycles. The number of amides is 1. The first-order valence-corrected chi connectivity index (χ1v) is 10.9. The van der Waals surface area contributed by atoms with E-state index in [0.29, 0.717) is 35.1 Å². The summed E-state index contributed by atoms with van der Waals surface area (Å²) in [5, 5.41) is 6.40. The number of hydrogen-bond donors (Lipinski definition) is 2. The third kappa shape index (κ3) is 4.74. The highest BCUT2D eigenvalue weighted by atomic mass is 35.5. The number of halogens is 1. The minimum absolute atomic E-state index is 0.0174. The zero-order valence-corrected chi connectivity index (χ0v) is 18.1. The second-order valence-electron chi connectivity index (χ2n) is 6.36. The first-order chi connectivity index (χ1) is 14.2. The van der Waals surface area contributed by atoms with Crippen molar-refractivity contribution in [3.05, 3.63) is 64.5 Å². The van der Waals surface area contributed by atoms with Crippen LogP contribution in [0.3, 0.4) is 0 Å². The minimum Gasteiger partial charge on any atom is -0.494 e. The van der Waals surface area contributed by atoms with Crippen molar-refractivity contribution in [1.82, 2.24) is 5.16 Å². The summed E-state index contributed by atoms with van der Waals surface area (Å²) in [5.41, 5.74) is 1.34. The van der Waals surface area contributed by atoms with E-state index in [4.69, 9.17) is 20.9 Å². The van der Waals surface area contributed by atoms with Gasteiger partial charge in [0.05, 0.1) is 17.3 Å². The Morgan fingerprint density at radius 2 is 1.80 bits per heavy atom. The topological polar surface area (TPSA) is 111 Å². The van der Waals surface area contributed by atoms with Crippen LogP contribution >= 0.6 is 11.6 Å². The molecule has 158 valence electrons. The molecular formula is C20H20ClN3O5S. The molecule has 0 spiro atoms. The molecule has 3 aromatic rings. The smallest absolute Gasteiger partial charge is 0.263 e. The van der Waals surface area contributed by atoms with Crippen LogP contribution in [0.1, 0.15) is 28.7 Å². The lowest BCUT2D eigenvalue weighted by Crippen LogP contribution is -2.16. The zero-order valence-electron chi connectivity index (χ0n) is 16.5. The third-order valence-electron chi connectivity index (χ3n) is 4.16. The number of nitrogens with one attached hydrogen (secondary N) is 2. The van der Waals surface area contributed by atoms with Crippen molar-refractivity contribution in [2.24, 2.45) is 0 Å². The maximum atomic E-state index is 12.8. The number of hydrogen-bond acceptors (Lipinski definition) is 6. The van der Waals surface area contributed by atoms with E-state index in [2.05, 4.69) is 15.2 Å². The highest BCUT2D eigenvalue weighted by Gasteiger charge is 2.21. The highest BCUT2D eigenvalue weighted by molar-refractivity contribution is 7.92. The van der Waals surface area contributed by atoms with Crippen molar-refractivity contribution in [1.29, 1.82) is 0 Å². The summed E-state index contributed by atoms with van der Waals surface area (Å²) in [7, 11) is -4.00. The average molecular weight is 450 g/mol. The van der Waals surface area contributed by atoms with Crippen LogP contribution in [-0.2, 0) is 10.0 Å². The Balaban J connectivity index is 1.84. The van der Waals surface area contributed by atoms with Crippen molar-refractivity contribution in [3.8, 4) is 5.75 Å². The standard InChI is InChI=1S/C20H20ClN3O5S/c1-4-28-16-8-5-14(6-9-16)24-30(26,27)18-11-15(7-10-17(18)21)22-20(25)19-12(2)23-29-13(19)3/h5-11,24H,4H2,1-3H3,(H,22,25). The van der Waals surface area contributed by atoms with Gasteiger partial charge in [-0.15, -0.1) is 0 Å². The monoisotopic (exact) mass is 449 g/mol. The molecule has 0 atom stereocenters. The van der Waals surface area contributed by atoms with Crippen LogP contribution in [0.25, 0.3) is 0 Å². The Labute approximate surface area is 179 Å². The number of nitrogens with zero attached hydrogens (tertiary/aromatic N) is 1. The molecule has 1 aromatic heterocycles. The predicted molar refractivity (Wildman–Crippen MR) is 114 cm³/mol. The van der Waals surface area contributed by atoms with Crippen molar-refractivity contribution >= 4 is 38.9 Å². The molecule has 0 saturated carbocycles. The number of ether oxygens (including phenoxy) is 1. The number of benzene rings is 2. The molecule has 0 bridgehead atoms. The predicted octanol–water partition coefficient (Wildman–Crippen LogP) is 4.40. The van der Waals surface area contributed by atoms with E-state index in [-0.39, 0.29) is 15.6 Å². The van der Waals surface area contributed by atoms with Crippen molar-refractivity contribution in [3.63, 3.8) is 0 Å². The lowest BCUT2D eigenvalue weighted by molar-refractivity contribution is 0.102. The lowest BCUT2D eigenvalue weighted by atomic mass is 10.2. The van der Waals surface area contributed by atoms with Crippen LogP contribution in [0, 0.1) is 13.8 Å². The van der Waals surface area contributed by atoms with Crippen LogP contribution in [-0.4, -0.2) is 26.1 Å². The molecule has 0 aliphatic heterocycles. The van der Waals surface area contributed by atoms with E-state index in [1.54, 1.807) is 38.1 Å². The molecule has 3 rings (SSSR count). The van der Waals surface area contributed by atoms with Crippen LogP contribution in [0.15, 0.2) is 51.9 Å². The summed E-state index contributed by atoms with van der Waals surface area (Å²) in [4.78, 5) is 12.3. The van der Waals surface area contributed by atoms with E-state index in [9.17, 15) is 13.2 Å². The molecule has 0 aliphatic rings. The average Bonchev–Trinajstić information content (AvgIpc) is 3.03. The number of carbonyl (C=O) groups excluding carboxylic acids is 1. The fraction of sp³-hybridized carbons (Fsp3) is 0.200. The molecule has 1 heterocycles. The van der Waals surface area contributed by atoms with Gasteiger partial charge in [0.1, 0.15) is 22.0 Å². The molecule has 2 N–H and O–H groups in total. The summed E-state index contributed by atoms with van der Waals surface area (Å²) < 4.78 is 38.5. The first-order valence-electron chi connectivity index (χ1n) is 9.00. The molecule has 0 saturated heterocycles. The van der Waals surface area contributed by atoms with E-state index < -0.39 is 15.9 Å². The third-order valence-corrected chi connectivity index (χ3v) is 6.02. The van der Waals surface area contributed by atoms with E-state index in [1.165, 1.54) is 18.2 Å². The first kappa shape index (κ1) is 21.7. The highest BCUT2D eigenvalue weighted by Crippen LogP contribution is 2.28. The van der Waals surface area contributed by atoms with Crippen LogP contribution in [0.4, 0.5) is 11.4 Å². The van der Waals surface area contributed by atoms with Crippen LogP contribution in [0.5, 0.6) is 5.75 Å². The Morgan fingerprint density at radius 3 is 2.40 bits per heavy atom. The Hall–Kier alpha value is -3.04. The van der Waals surface area contributed by atoms with Crippen molar-refractivity contribution in [2.45, 2.75) is 25.7 Å². The second-order valence-corrected chi connectivity index (χ2v) is 8.42. The number of aryl methyl sites for hydroxylation is 2. The number of aromatic nitrogens is 1. The summed E-state index contributed by atoms with van der Waals surface area (Å²) in [5.74, 6) is 0.530. The molecule has 0 radical (unpaired) electrons. The fourth-order valence-electron chi connectivity index (χ4n) is 2.78. The summed E-state index contributed by atoms with van der Waals surface area (Å²) >= 11 is 6.12. The zero-order chi connectivity index (χ0) is 21.9. The van der Waals surface area contributed by atoms with Gasteiger partial charge in [0, 0.05) is 11.4 Å². The van der Waals surface area contributed by atoms with Gasteiger partial charge in [-0.25, -0.2) is 8.42 Å². The number of anilines is 2. The quantitative estimate of drug-likeness (QED) is 0.553. The van der Waals surface area contributed by atoms with Gasteiger partial charge in [-0.3, -0.25) is 9.52 Å². The Kier molecular flexibility index (Phi) is 6.33. The SMILES string of the molecule is CCOc1ccc(NS(=O)(=O)c2cc(NC(=O)c3c(C)noc3C)ccc2Cl)cc1. The molecule has 0 fully saturated rings. The van der Waals surface area contributed by atoms with Gasteiger partial charge in [0.25, 0.3) is 15.9 Å². The Morgan fingerprint density at radius 1 is 1.13 bits per heavy atom. The van der Waals surface area contributed by atoms with E-state index in [1.807, 2.05) is 6.92 Å². The molecule has 10 heteroatoms. The van der Waals surface area contributed by atoms with E-state index in [0.717, 1.165) is 0 Å². The van der Waals surface area contributed by atoms with Gasteiger partial charge in [-0.2, -0.15) is 0 Å². The summed E-state index contributed by atoms with van der Waals surface area (Å²) in [6, 6.07) is 10.7. The molecule has 0 unspecified atom stereocenters. The van der Waals surface area contributed by atoms with E-state index >= 15 is 0 Å². The largest absolute Gasteiger partial charge is 0.494 e. The summed E-state index contributed by atoms with van der Waals surface area (Å²) in [6.45, 7) is 5.63. The van der Waals surface area contributed by atoms with Gasteiger partial charge < -0.3 is 14.6 Å². The fourth-order valence-corrected chi connectivity index (χ4v) is 4.37. The second kappa shape index (κ2) is 8.76. The molecule has 0 aliphatic carbocycles. The van der Waals surface area contributed by atoms with Gasteiger partial charge >= 0.3 is 0 Å². The van der Waals surface area contributed by atoms with Gasteiger partial charge in [0.2, 0.25) is 0 Å². The molecule has 30 heavy (non-hydrogen) atoms. The minimum atomic E-state index is -4.00. The molecule has 8 nitrogen and oxygen atoms in total. The molecular weight excluding hydrogens is 430 g/mol. The summed E-state index contributed by atoms with van der Waals surface area (Å²) in [6.07, 6.45) is 0. The van der Waals surface area contributed by atoms with Crippen molar-refractivity contribution in [2.75, 3.05) is 16.6 Å². The van der Waals surface area contributed by atoms with Gasteiger partial charge in [-0.1, -0.05) is 16.8 Å². The van der Waals surface area contributed by atoms with Crippen molar-refractivity contribution < 1.29 is 22.5 Å².